The van der Waals surface area contributed by atoms with E-state index in [1.165, 1.54) is 12.1 Å². The van der Waals surface area contributed by atoms with Crippen molar-refractivity contribution in [2.75, 3.05) is 5.01 Å². The van der Waals surface area contributed by atoms with Crippen LogP contribution in [0.3, 0.4) is 0 Å². The molecule has 31 heavy (non-hydrogen) atoms. The van der Waals surface area contributed by atoms with Crippen LogP contribution in [0.5, 0.6) is 0 Å². The number of nitrogens with zero attached hydrogens (tertiary/aromatic N) is 4. The fourth-order valence-electron chi connectivity index (χ4n) is 2.47. The van der Waals surface area contributed by atoms with Crippen molar-refractivity contribution in [1.29, 1.82) is 0 Å². The summed E-state index contributed by atoms with van der Waals surface area (Å²) in [4.78, 5) is 23.5. The minimum Gasteiger partial charge on any atom is -0.477 e. The fourth-order valence-corrected chi connectivity index (χ4v) is 3.45. The average Bonchev–Trinajstić information content (AvgIpc) is 3.02. The third-order valence-electron chi connectivity index (χ3n) is 3.95. The van der Waals surface area contributed by atoms with Gasteiger partial charge in [0.1, 0.15) is 10.9 Å². The Hall–Kier alpha value is -3.21. The van der Waals surface area contributed by atoms with E-state index in [9.17, 15) is 36.8 Å². The van der Waals surface area contributed by atoms with Crippen LogP contribution < -0.4 is 5.01 Å². The van der Waals surface area contributed by atoms with Gasteiger partial charge in [-0.05, 0) is 48.5 Å². The van der Waals surface area contributed by atoms with Gasteiger partial charge in [0.2, 0.25) is 6.04 Å². The molecule has 0 saturated heterocycles. The standard InChI is InChI=1S/C16H14N4O9S2/c21-15-13(18-17-9-1-5-11(6-2-9)30(24,25)26)14(16(22)23)19-20(15)10-3-7-12(8-4-10)31(27,28)29/h1-8,13,24-26H,(H,22,23)(H,27,28,29). The highest BCUT2D eigenvalue weighted by molar-refractivity contribution is 8.19. The number of amides is 1. The first-order valence-corrected chi connectivity index (χ1v) is 11.1. The largest absolute Gasteiger partial charge is 0.477 e. The van der Waals surface area contributed by atoms with Crippen LogP contribution in [-0.2, 0) is 19.7 Å². The van der Waals surface area contributed by atoms with E-state index >= 15 is 0 Å². The van der Waals surface area contributed by atoms with Gasteiger partial charge < -0.3 is 18.8 Å². The molecular formula is C16H14N4O9S2. The van der Waals surface area contributed by atoms with Crippen molar-refractivity contribution >= 4 is 50.0 Å². The average molecular weight is 470 g/mol. The SMILES string of the molecule is O=C(O)C1=NN(c2ccc(S(=O)(=O)O)cc2)C(=O)C1N=Nc1ccc(S(O)(O)O)cc1. The van der Waals surface area contributed by atoms with Crippen LogP contribution in [0.4, 0.5) is 11.4 Å². The molecule has 1 aliphatic heterocycles. The topological polar surface area (TPSA) is 210 Å². The van der Waals surface area contributed by atoms with Crippen molar-refractivity contribution in [1.82, 2.24) is 0 Å². The smallest absolute Gasteiger partial charge is 0.355 e. The van der Waals surface area contributed by atoms with Crippen molar-refractivity contribution in [3.8, 4) is 0 Å². The molecule has 0 saturated carbocycles. The van der Waals surface area contributed by atoms with E-state index in [2.05, 4.69) is 15.3 Å². The molecule has 0 radical (unpaired) electrons. The van der Waals surface area contributed by atoms with E-state index in [4.69, 9.17) is 4.55 Å². The number of rotatable bonds is 6. The number of carbonyl (C=O) groups excluding carboxylic acids is 1. The number of hydrazone groups is 1. The minimum atomic E-state index is -4.46. The molecule has 0 aromatic heterocycles. The Balaban J connectivity index is 1.86. The molecular weight excluding hydrogens is 456 g/mol. The van der Waals surface area contributed by atoms with Gasteiger partial charge in [0.25, 0.3) is 16.0 Å². The number of anilines is 1. The summed E-state index contributed by atoms with van der Waals surface area (Å²) < 4.78 is 58.8. The lowest BCUT2D eigenvalue weighted by atomic mass is 10.2. The quantitative estimate of drug-likeness (QED) is 0.309. The summed E-state index contributed by atoms with van der Waals surface area (Å²) in [5, 5.41) is 21.2. The molecule has 1 amide bonds. The second-order valence-electron chi connectivity index (χ2n) is 6.04. The maximum Gasteiger partial charge on any atom is 0.355 e. The number of carboxylic acids is 1. The Morgan fingerprint density at radius 3 is 1.97 bits per heavy atom. The molecule has 1 atom stereocenters. The zero-order valence-corrected chi connectivity index (χ0v) is 16.8. The summed E-state index contributed by atoms with van der Waals surface area (Å²) in [6.45, 7) is 0. The molecule has 0 spiro atoms. The van der Waals surface area contributed by atoms with Crippen molar-refractivity contribution in [2.45, 2.75) is 15.8 Å². The highest BCUT2D eigenvalue weighted by Crippen LogP contribution is 2.43. The maximum atomic E-state index is 12.6. The molecule has 5 N–H and O–H groups in total. The molecule has 0 fully saturated rings. The Bertz CT molecular complexity index is 1190. The molecule has 1 aliphatic rings. The summed E-state index contributed by atoms with van der Waals surface area (Å²) in [5.41, 5.74) is -0.471. The minimum absolute atomic E-state index is 0.0337. The molecule has 3 rings (SSSR count). The van der Waals surface area contributed by atoms with Gasteiger partial charge in [-0.15, -0.1) is 0 Å². The van der Waals surface area contributed by atoms with E-state index in [1.807, 2.05) is 0 Å². The number of aliphatic carboxylic acids is 1. The number of hydrogen-bond acceptors (Lipinski definition) is 10. The van der Waals surface area contributed by atoms with Gasteiger partial charge in [-0.3, -0.25) is 9.35 Å². The van der Waals surface area contributed by atoms with Crippen LogP contribution in [0.25, 0.3) is 0 Å². The molecule has 15 heteroatoms. The van der Waals surface area contributed by atoms with E-state index in [0.717, 1.165) is 36.4 Å². The Labute approximate surface area is 176 Å². The molecule has 0 bridgehead atoms. The van der Waals surface area contributed by atoms with Crippen molar-refractivity contribution in [3.05, 3.63) is 48.5 Å². The first-order chi connectivity index (χ1) is 14.4. The van der Waals surface area contributed by atoms with Crippen LogP contribution >= 0.6 is 10.9 Å². The van der Waals surface area contributed by atoms with Crippen LogP contribution in [0.1, 0.15) is 0 Å². The fraction of sp³-hybridized carbons (Fsp3) is 0.0625. The first kappa shape index (κ1) is 22.5. The molecule has 0 aliphatic carbocycles. The summed E-state index contributed by atoms with van der Waals surface area (Å²) in [6.07, 6.45) is 0. The summed E-state index contributed by atoms with van der Waals surface area (Å²) >= 11 is 0. The van der Waals surface area contributed by atoms with Gasteiger partial charge in [-0.1, -0.05) is 0 Å². The summed E-state index contributed by atoms with van der Waals surface area (Å²) in [6, 6.07) is 7.55. The molecule has 164 valence electrons. The second-order valence-corrected chi connectivity index (χ2v) is 8.97. The summed E-state index contributed by atoms with van der Waals surface area (Å²) in [5.74, 6) is -2.40. The van der Waals surface area contributed by atoms with Crippen molar-refractivity contribution in [3.63, 3.8) is 0 Å². The third-order valence-corrected chi connectivity index (χ3v) is 5.72. The van der Waals surface area contributed by atoms with E-state index in [-0.39, 0.29) is 16.3 Å². The Kier molecular flexibility index (Phi) is 5.90. The van der Waals surface area contributed by atoms with E-state index in [0.29, 0.717) is 5.01 Å². The van der Waals surface area contributed by atoms with E-state index < -0.39 is 49.5 Å². The van der Waals surface area contributed by atoms with Gasteiger partial charge in [0, 0.05) is 0 Å². The van der Waals surface area contributed by atoms with Crippen molar-refractivity contribution < 1.29 is 41.3 Å². The Morgan fingerprint density at radius 2 is 1.48 bits per heavy atom. The van der Waals surface area contributed by atoms with Crippen molar-refractivity contribution in [2.24, 2.45) is 15.3 Å². The second kappa shape index (κ2) is 8.14. The zero-order chi connectivity index (χ0) is 23.0. The van der Waals surface area contributed by atoms with Gasteiger partial charge in [-0.2, -0.15) is 28.8 Å². The van der Waals surface area contributed by atoms with E-state index in [1.54, 1.807) is 0 Å². The van der Waals surface area contributed by atoms with Crippen LogP contribution in [0, 0.1) is 0 Å². The maximum absolute atomic E-state index is 12.6. The molecule has 1 heterocycles. The number of benzene rings is 2. The number of azo groups is 1. The number of carboxylic acid groups (broad SMARTS) is 1. The lowest BCUT2D eigenvalue weighted by Gasteiger charge is -2.18. The predicted octanol–water partition coefficient (Wildman–Crippen LogP) is 2.46. The van der Waals surface area contributed by atoms with Gasteiger partial charge >= 0.3 is 5.97 Å². The van der Waals surface area contributed by atoms with Gasteiger partial charge in [-0.25, -0.2) is 4.79 Å². The van der Waals surface area contributed by atoms with Gasteiger partial charge in [0.05, 0.1) is 21.2 Å². The number of carbonyl (C=O) groups is 2. The molecule has 2 aromatic rings. The zero-order valence-electron chi connectivity index (χ0n) is 15.2. The lowest BCUT2D eigenvalue weighted by molar-refractivity contribution is -0.130. The third kappa shape index (κ3) is 4.93. The summed E-state index contributed by atoms with van der Waals surface area (Å²) in [7, 11) is -8.37. The van der Waals surface area contributed by atoms with Crippen LogP contribution in [-0.4, -0.2) is 55.4 Å². The predicted molar refractivity (Wildman–Crippen MR) is 107 cm³/mol. The monoisotopic (exact) mass is 470 g/mol. The highest BCUT2D eigenvalue weighted by Gasteiger charge is 2.41. The molecule has 2 aromatic carbocycles. The Morgan fingerprint density at radius 1 is 0.935 bits per heavy atom. The van der Waals surface area contributed by atoms with Crippen LogP contribution in [0.15, 0.2) is 73.7 Å². The van der Waals surface area contributed by atoms with Gasteiger partial charge in [0.15, 0.2) is 5.71 Å². The first-order valence-electron chi connectivity index (χ1n) is 8.13. The lowest BCUT2D eigenvalue weighted by Crippen LogP contribution is -2.33. The highest BCUT2D eigenvalue weighted by atomic mass is 32.3. The molecule has 13 nitrogen and oxygen atoms in total. The molecule has 1 unspecified atom stereocenters. The normalized spacial score (nSPS) is 17.8. The number of hydrogen-bond donors (Lipinski definition) is 5. The van der Waals surface area contributed by atoms with Crippen LogP contribution in [0.2, 0.25) is 0 Å².